The largest absolute Gasteiger partial charge is 0.490 e. The number of nitrogens with zero attached hydrogens (tertiary/aromatic N) is 2. The summed E-state index contributed by atoms with van der Waals surface area (Å²) in [6.07, 6.45) is 3.47. The molecular formula is C21H27N3O3. The summed E-state index contributed by atoms with van der Waals surface area (Å²) in [5, 5.41) is 3.45. The van der Waals surface area contributed by atoms with Gasteiger partial charge in [0.15, 0.2) is 11.5 Å². The van der Waals surface area contributed by atoms with Crippen molar-refractivity contribution >= 4 is 5.91 Å². The molecule has 1 aliphatic rings. The minimum Gasteiger partial charge on any atom is -0.490 e. The van der Waals surface area contributed by atoms with Crippen molar-refractivity contribution in [3.05, 3.63) is 53.9 Å². The number of hydrogen-bond acceptors (Lipinski definition) is 5. The van der Waals surface area contributed by atoms with Gasteiger partial charge in [0.05, 0.1) is 6.61 Å². The number of rotatable bonds is 6. The molecular weight excluding hydrogens is 342 g/mol. The number of pyridine rings is 1. The van der Waals surface area contributed by atoms with E-state index in [9.17, 15) is 4.79 Å². The van der Waals surface area contributed by atoms with Crippen LogP contribution in [0.3, 0.4) is 0 Å². The molecule has 1 fully saturated rings. The van der Waals surface area contributed by atoms with Crippen molar-refractivity contribution in [2.24, 2.45) is 0 Å². The summed E-state index contributed by atoms with van der Waals surface area (Å²) in [7, 11) is 0. The van der Waals surface area contributed by atoms with E-state index in [1.54, 1.807) is 18.5 Å². The Morgan fingerprint density at radius 2 is 1.81 bits per heavy atom. The zero-order valence-corrected chi connectivity index (χ0v) is 16.1. The normalized spacial score (nSPS) is 19.6. The molecule has 0 radical (unpaired) electrons. The summed E-state index contributed by atoms with van der Waals surface area (Å²) in [5.74, 6) is 1.25. The Morgan fingerprint density at radius 3 is 2.48 bits per heavy atom. The Bertz CT molecular complexity index is 757. The highest BCUT2D eigenvalue weighted by molar-refractivity contribution is 5.95. The Kier molecular flexibility index (Phi) is 6.29. The van der Waals surface area contributed by atoms with Crippen molar-refractivity contribution in [3.63, 3.8) is 0 Å². The molecule has 144 valence electrons. The molecule has 0 spiro atoms. The van der Waals surface area contributed by atoms with E-state index in [2.05, 4.69) is 24.1 Å². The second-order valence-electron chi connectivity index (χ2n) is 6.92. The van der Waals surface area contributed by atoms with Gasteiger partial charge in [-0.15, -0.1) is 0 Å². The minimum atomic E-state index is 0.0248. The maximum atomic E-state index is 12.9. The first-order chi connectivity index (χ1) is 13.1. The predicted molar refractivity (Wildman–Crippen MR) is 104 cm³/mol. The van der Waals surface area contributed by atoms with Crippen LogP contribution in [0.4, 0.5) is 0 Å². The molecule has 3 rings (SSSR count). The Balaban J connectivity index is 1.75. The fourth-order valence-electron chi connectivity index (χ4n) is 3.34. The van der Waals surface area contributed by atoms with Gasteiger partial charge in [-0.05, 0) is 56.7 Å². The third-order valence-corrected chi connectivity index (χ3v) is 4.48. The molecule has 1 saturated heterocycles. The number of hydrogen-bond donors (Lipinski definition) is 1. The topological polar surface area (TPSA) is 63.7 Å². The second-order valence-corrected chi connectivity index (χ2v) is 6.92. The van der Waals surface area contributed by atoms with Crippen molar-refractivity contribution in [2.75, 3.05) is 19.7 Å². The molecule has 6 heteroatoms. The van der Waals surface area contributed by atoms with Crippen molar-refractivity contribution in [3.8, 4) is 11.5 Å². The SMILES string of the molecule is CCOc1cc(C(=O)N2CC(C)NC(C)C2)ccc1OCc1ccncc1. The van der Waals surface area contributed by atoms with Gasteiger partial charge in [-0.3, -0.25) is 9.78 Å². The highest BCUT2D eigenvalue weighted by Crippen LogP contribution is 2.30. The van der Waals surface area contributed by atoms with Crippen LogP contribution in [-0.2, 0) is 6.61 Å². The summed E-state index contributed by atoms with van der Waals surface area (Å²) in [6, 6.07) is 9.79. The van der Waals surface area contributed by atoms with E-state index in [0.29, 0.717) is 43.4 Å². The van der Waals surface area contributed by atoms with Crippen molar-refractivity contribution < 1.29 is 14.3 Å². The maximum Gasteiger partial charge on any atom is 0.254 e. The number of piperazine rings is 1. The summed E-state index contributed by atoms with van der Waals surface area (Å²) in [6.45, 7) is 8.44. The van der Waals surface area contributed by atoms with Crippen LogP contribution in [0.2, 0.25) is 0 Å². The molecule has 0 bridgehead atoms. The first-order valence-electron chi connectivity index (χ1n) is 9.40. The maximum absolute atomic E-state index is 12.9. The van der Waals surface area contributed by atoms with E-state index in [4.69, 9.17) is 9.47 Å². The molecule has 1 N–H and O–H groups in total. The predicted octanol–water partition coefficient (Wildman–Crippen LogP) is 2.88. The van der Waals surface area contributed by atoms with Gasteiger partial charge in [0, 0.05) is 43.1 Å². The van der Waals surface area contributed by atoms with Crippen molar-refractivity contribution in [1.29, 1.82) is 0 Å². The fourth-order valence-corrected chi connectivity index (χ4v) is 3.34. The van der Waals surface area contributed by atoms with Gasteiger partial charge in [-0.2, -0.15) is 0 Å². The van der Waals surface area contributed by atoms with Crippen molar-refractivity contribution in [2.45, 2.75) is 39.5 Å². The van der Waals surface area contributed by atoms with Crippen molar-refractivity contribution in [1.82, 2.24) is 15.2 Å². The third kappa shape index (κ3) is 4.98. The molecule has 2 unspecified atom stereocenters. The zero-order chi connectivity index (χ0) is 19.2. The van der Waals surface area contributed by atoms with E-state index in [-0.39, 0.29) is 18.0 Å². The molecule has 1 aromatic heterocycles. The average molecular weight is 369 g/mol. The molecule has 2 heterocycles. The van der Waals surface area contributed by atoms with E-state index >= 15 is 0 Å². The first kappa shape index (κ1) is 19.2. The third-order valence-electron chi connectivity index (χ3n) is 4.48. The van der Waals surface area contributed by atoms with Crippen LogP contribution in [0.25, 0.3) is 0 Å². The fraction of sp³-hybridized carbons (Fsp3) is 0.429. The Morgan fingerprint density at radius 1 is 1.11 bits per heavy atom. The van der Waals surface area contributed by atoms with Gasteiger partial charge < -0.3 is 19.7 Å². The monoisotopic (exact) mass is 369 g/mol. The number of amides is 1. The molecule has 27 heavy (non-hydrogen) atoms. The van der Waals surface area contributed by atoms with Gasteiger partial charge in [0.1, 0.15) is 6.61 Å². The average Bonchev–Trinajstić information content (AvgIpc) is 2.66. The van der Waals surface area contributed by atoms with Gasteiger partial charge in [-0.25, -0.2) is 0 Å². The minimum absolute atomic E-state index is 0.0248. The summed E-state index contributed by atoms with van der Waals surface area (Å²) in [5.41, 5.74) is 1.65. The number of carbonyl (C=O) groups is 1. The first-order valence-corrected chi connectivity index (χ1v) is 9.40. The smallest absolute Gasteiger partial charge is 0.254 e. The van der Waals surface area contributed by atoms with Crippen LogP contribution >= 0.6 is 0 Å². The van der Waals surface area contributed by atoms with Crippen LogP contribution in [0, 0.1) is 0 Å². The molecule has 0 aliphatic carbocycles. The van der Waals surface area contributed by atoms with E-state index in [1.165, 1.54) is 0 Å². The molecule has 0 saturated carbocycles. The lowest BCUT2D eigenvalue weighted by Gasteiger charge is -2.36. The highest BCUT2D eigenvalue weighted by atomic mass is 16.5. The van der Waals surface area contributed by atoms with Crippen LogP contribution in [0.5, 0.6) is 11.5 Å². The molecule has 1 aromatic carbocycles. The standard InChI is InChI=1S/C21H27N3O3/c1-4-26-20-11-18(21(25)24-12-15(2)23-16(3)13-24)5-6-19(20)27-14-17-7-9-22-10-8-17/h5-11,15-16,23H,4,12-14H2,1-3H3. The van der Waals surface area contributed by atoms with Crippen LogP contribution < -0.4 is 14.8 Å². The van der Waals surface area contributed by atoms with E-state index < -0.39 is 0 Å². The number of benzene rings is 1. The lowest BCUT2D eigenvalue weighted by Crippen LogP contribution is -2.55. The lowest BCUT2D eigenvalue weighted by atomic mass is 10.1. The molecule has 1 aliphatic heterocycles. The number of carbonyl (C=O) groups excluding carboxylic acids is 1. The second kappa shape index (κ2) is 8.86. The molecule has 6 nitrogen and oxygen atoms in total. The molecule has 1 amide bonds. The number of ether oxygens (including phenoxy) is 2. The molecule has 2 atom stereocenters. The lowest BCUT2D eigenvalue weighted by molar-refractivity contribution is 0.0673. The molecule has 2 aromatic rings. The van der Waals surface area contributed by atoms with E-state index in [1.807, 2.05) is 36.1 Å². The number of aromatic nitrogens is 1. The van der Waals surface area contributed by atoms with Gasteiger partial charge >= 0.3 is 0 Å². The van der Waals surface area contributed by atoms with E-state index in [0.717, 1.165) is 5.56 Å². The van der Waals surface area contributed by atoms with Gasteiger partial charge in [-0.1, -0.05) is 0 Å². The zero-order valence-electron chi connectivity index (χ0n) is 16.1. The van der Waals surface area contributed by atoms with Crippen LogP contribution in [0.15, 0.2) is 42.7 Å². The van der Waals surface area contributed by atoms with Gasteiger partial charge in [0.2, 0.25) is 0 Å². The summed E-state index contributed by atoms with van der Waals surface area (Å²) < 4.78 is 11.6. The Hall–Kier alpha value is -2.60. The quantitative estimate of drug-likeness (QED) is 0.848. The number of nitrogens with one attached hydrogen (secondary N) is 1. The van der Waals surface area contributed by atoms with Gasteiger partial charge in [0.25, 0.3) is 5.91 Å². The highest BCUT2D eigenvalue weighted by Gasteiger charge is 2.26. The van der Waals surface area contributed by atoms with Crippen LogP contribution in [0.1, 0.15) is 36.7 Å². The summed E-state index contributed by atoms with van der Waals surface area (Å²) >= 11 is 0. The Labute approximate surface area is 160 Å². The summed E-state index contributed by atoms with van der Waals surface area (Å²) in [4.78, 5) is 18.8. The van der Waals surface area contributed by atoms with Crippen LogP contribution in [-0.4, -0.2) is 47.6 Å².